The number of nitrogens with zero attached hydrogens (tertiary/aromatic N) is 2. The average molecular weight is 242 g/mol. The summed E-state index contributed by atoms with van der Waals surface area (Å²) < 4.78 is 5.19. The van der Waals surface area contributed by atoms with E-state index in [4.69, 9.17) is 4.74 Å². The molecule has 2 saturated heterocycles. The minimum Gasteiger partial charge on any atom is -0.378 e. The average Bonchev–Trinajstić information content (AvgIpc) is 2.39. The molecule has 0 aromatic carbocycles. The zero-order chi connectivity index (χ0) is 11.4. The lowest BCUT2D eigenvalue weighted by atomic mass is 10.4. The van der Waals surface area contributed by atoms with Gasteiger partial charge in [-0.25, -0.2) is 9.59 Å². The first-order chi connectivity index (χ1) is 7.83. The van der Waals surface area contributed by atoms with Crippen molar-refractivity contribution < 1.29 is 14.3 Å². The smallest absolute Gasteiger partial charge is 0.325 e. The van der Waals surface area contributed by atoms with E-state index in [0.29, 0.717) is 44.3 Å². The van der Waals surface area contributed by atoms with Crippen molar-refractivity contribution in [2.45, 2.75) is 0 Å². The lowest BCUT2D eigenvalue weighted by molar-refractivity contribution is 0.0463. The van der Waals surface area contributed by atoms with Crippen LogP contribution in [0.15, 0.2) is 5.70 Å². The summed E-state index contributed by atoms with van der Waals surface area (Å²) in [5.74, 6) is 3.33. The quantitative estimate of drug-likeness (QED) is 0.570. The van der Waals surface area contributed by atoms with Crippen molar-refractivity contribution in [1.82, 2.24) is 9.80 Å². The van der Waals surface area contributed by atoms with Gasteiger partial charge >= 0.3 is 6.03 Å². The van der Waals surface area contributed by atoms with Gasteiger partial charge in [-0.15, -0.1) is 0 Å². The summed E-state index contributed by atoms with van der Waals surface area (Å²) in [6.07, 6.45) is 0. The number of hydrogen-bond donors (Lipinski definition) is 0. The Balaban J connectivity index is 2.04. The molecule has 0 bridgehead atoms. The number of ether oxygens (including phenoxy) is 1. The highest BCUT2D eigenvalue weighted by atomic mass is 32.2. The number of urea groups is 1. The summed E-state index contributed by atoms with van der Waals surface area (Å²) in [5, 5.41) is 0. The fourth-order valence-corrected chi connectivity index (χ4v) is 2.62. The maximum atomic E-state index is 12.1. The maximum absolute atomic E-state index is 12.1. The van der Waals surface area contributed by atoms with E-state index in [1.807, 2.05) is 5.94 Å². The van der Waals surface area contributed by atoms with Crippen molar-refractivity contribution in [2.75, 3.05) is 44.4 Å². The number of rotatable bonds is 0. The standard InChI is InChI=1S/C10H14N2O3S/c13-7-9-8-16-6-3-12(9)10(14)11-1-4-15-5-2-11/h1-6,8H2. The third kappa shape index (κ3) is 2.40. The molecule has 5 nitrogen and oxygen atoms in total. The van der Waals surface area contributed by atoms with Crippen LogP contribution >= 0.6 is 11.8 Å². The highest BCUT2D eigenvalue weighted by Gasteiger charge is 2.27. The molecule has 2 fully saturated rings. The predicted molar refractivity (Wildman–Crippen MR) is 61.0 cm³/mol. The monoisotopic (exact) mass is 242 g/mol. The Morgan fingerprint density at radius 1 is 1.31 bits per heavy atom. The molecule has 16 heavy (non-hydrogen) atoms. The lowest BCUT2D eigenvalue weighted by Gasteiger charge is -2.34. The van der Waals surface area contributed by atoms with E-state index in [0.717, 1.165) is 5.75 Å². The van der Waals surface area contributed by atoms with Crippen LogP contribution in [0.5, 0.6) is 0 Å². The van der Waals surface area contributed by atoms with Gasteiger partial charge in [-0.2, -0.15) is 11.8 Å². The van der Waals surface area contributed by atoms with Gasteiger partial charge in [0.15, 0.2) is 0 Å². The summed E-state index contributed by atoms with van der Waals surface area (Å²) in [5.41, 5.74) is 0.466. The van der Waals surface area contributed by atoms with Gasteiger partial charge in [0, 0.05) is 31.1 Å². The Morgan fingerprint density at radius 2 is 2.06 bits per heavy atom. The first-order valence-corrected chi connectivity index (χ1v) is 6.44. The molecule has 6 heteroatoms. The van der Waals surface area contributed by atoms with Gasteiger partial charge in [-0.1, -0.05) is 0 Å². The topological polar surface area (TPSA) is 49.9 Å². The van der Waals surface area contributed by atoms with E-state index >= 15 is 0 Å². The molecule has 0 aliphatic carbocycles. The molecule has 2 rings (SSSR count). The first kappa shape index (κ1) is 11.5. The maximum Gasteiger partial charge on any atom is 0.325 e. The molecule has 2 aliphatic rings. The SMILES string of the molecule is O=C=C1CSCCN1C(=O)N1CCOCC1. The zero-order valence-corrected chi connectivity index (χ0v) is 9.79. The molecule has 0 unspecified atom stereocenters. The van der Waals surface area contributed by atoms with Gasteiger partial charge in [-0.05, 0) is 0 Å². The van der Waals surface area contributed by atoms with Crippen molar-refractivity contribution >= 4 is 23.7 Å². The van der Waals surface area contributed by atoms with E-state index in [1.54, 1.807) is 21.6 Å². The number of carbonyl (C=O) groups excluding carboxylic acids is 2. The van der Waals surface area contributed by atoms with E-state index < -0.39 is 0 Å². The van der Waals surface area contributed by atoms with Gasteiger partial charge < -0.3 is 9.64 Å². The van der Waals surface area contributed by atoms with Gasteiger partial charge in [0.2, 0.25) is 0 Å². The van der Waals surface area contributed by atoms with Crippen molar-refractivity contribution in [2.24, 2.45) is 0 Å². The highest BCUT2D eigenvalue weighted by Crippen LogP contribution is 2.19. The van der Waals surface area contributed by atoms with Crippen LogP contribution in [0.1, 0.15) is 0 Å². The molecule has 2 amide bonds. The van der Waals surface area contributed by atoms with Crippen LogP contribution in [0.2, 0.25) is 0 Å². The summed E-state index contributed by atoms with van der Waals surface area (Å²) in [4.78, 5) is 26.1. The second-order valence-corrected chi connectivity index (χ2v) is 4.74. The molecule has 2 aliphatic heterocycles. The summed E-state index contributed by atoms with van der Waals surface area (Å²) in [7, 11) is 0. The molecular weight excluding hydrogens is 228 g/mol. The van der Waals surface area contributed by atoms with E-state index in [2.05, 4.69) is 0 Å². The van der Waals surface area contributed by atoms with E-state index in [-0.39, 0.29) is 6.03 Å². The van der Waals surface area contributed by atoms with Crippen LogP contribution in [0.3, 0.4) is 0 Å². The van der Waals surface area contributed by atoms with Crippen LogP contribution in [-0.4, -0.2) is 66.1 Å². The molecule has 0 aromatic heterocycles. The Labute approximate surface area is 98.4 Å². The lowest BCUT2D eigenvalue weighted by Crippen LogP contribution is -2.49. The van der Waals surface area contributed by atoms with Crippen LogP contribution in [0.25, 0.3) is 0 Å². The number of morpholine rings is 1. The highest BCUT2D eigenvalue weighted by molar-refractivity contribution is 7.99. The van der Waals surface area contributed by atoms with Crippen molar-refractivity contribution in [3.63, 3.8) is 0 Å². The molecule has 0 saturated carbocycles. The third-order valence-corrected chi connectivity index (χ3v) is 3.60. The van der Waals surface area contributed by atoms with Gasteiger partial charge in [0.1, 0.15) is 11.6 Å². The van der Waals surface area contributed by atoms with Crippen LogP contribution in [0.4, 0.5) is 4.79 Å². The second kappa shape index (κ2) is 5.39. The Bertz CT molecular complexity index is 322. The fourth-order valence-electron chi connectivity index (χ4n) is 1.76. The molecular formula is C10H14N2O3S. The van der Waals surface area contributed by atoms with Crippen molar-refractivity contribution in [1.29, 1.82) is 0 Å². The predicted octanol–water partition coefficient (Wildman–Crippen LogP) is 0.203. The normalized spacial score (nSPS) is 21.9. The third-order valence-electron chi connectivity index (χ3n) is 2.65. The number of hydrogen-bond acceptors (Lipinski definition) is 4. The Morgan fingerprint density at radius 3 is 2.75 bits per heavy atom. The van der Waals surface area contributed by atoms with E-state index in [9.17, 15) is 9.59 Å². The summed E-state index contributed by atoms with van der Waals surface area (Å²) in [6.45, 7) is 2.97. The molecule has 0 radical (unpaired) electrons. The van der Waals surface area contributed by atoms with Crippen LogP contribution in [0, 0.1) is 0 Å². The van der Waals surface area contributed by atoms with Crippen LogP contribution in [-0.2, 0) is 9.53 Å². The Hall–Kier alpha value is -0.970. The molecule has 0 N–H and O–H groups in total. The van der Waals surface area contributed by atoms with Gasteiger partial charge in [0.25, 0.3) is 0 Å². The van der Waals surface area contributed by atoms with Crippen LogP contribution < -0.4 is 0 Å². The summed E-state index contributed by atoms with van der Waals surface area (Å²) >= 11 is 1.66. The number of amides is 2. The Kier molecular flexibility index (Phi) is 3.88. The van der Waals surface area contributed by atoms with Crippen molar-refractivity contribution in [3.8, 4) is 0 Å². The number of carbonyl (C=O) groups is 1. The van der Waals surface area contributed by atoms with Crippen molar-refractivity contribution in [3.05, 3.63) is 5.70 Å². The zero-order valence-electron chi connectivity index (χ0n) is 8.98. The van der Waals surface area contributed by atoms with E-state index in [1.165, 1.54) is 0 Å². The van der Waals surface area contributed by atoms with Gasteiger partial charge in [-0.3, -0.25) is 4.90 Å². The largest absolute Gasteiger partial charge is 0.378 e. The second-order valence-electron chi connectivity index (χ2n) is 3.63. The van der Waals surface area contributed by atoms with Gasteiger partial charge in [0.05, 0.1) is 13.2 Å². The molecule has 2 heterocycles. The first-order valence-electron chi connectivity index (χ1n) is 5.29. The molecule has 0 aromatic rings. The number of thioether (sulfide) groups is 1. The molecule has 88 valence electrons. The summed E-state index contributed by atoms with van der Waals surface area (Å²) in [6, 6.07) is -0.0815. The minimum absolute atomic E-state index is 0.0815. The minimum atomic E-state index is -0.0815. The molecule has 0 spiro atoms. The fraction of sp³-hybridized carbons (Fsp3) is 0.700. The molecule has 0 atom stereocenters.